The van der Waals surface area contributed by atoms with Crippen molar-refractivity contribution in [3.8, 4) is 5.75 Å². The topological polar surface area (TPSA) is 34.5 Å². The maximum atomic E-state index is 13.8. The van der Waals surface area contributed by atoms with Crippen molar-refractivity contribution < 1.29 is 13.9 Å². The minimum atomic E-state index is -0.309. The Labute approximate surface area is 140 Å². The molecule has 4 nitrogen and oxygen atoms in total. The summed E-state index contributed by atoms with van der Waals surface area (Å²) in [5, 5.41) is 0.880. The van der Waals surface area contributed by atoms with Gasteiger partial charge in [-0.15, -0.1) is 0 Å². The zero-order valence-electron chi connectivity index (χ0n) is 13.9. The van der Waals surface area contributed by atoms with Crippen LogP contribution in [0.1, 0.15) is 16.1 Å². The Hall–Kier alpha value is -2.82. The monoisotopic (exact) mass is 326 g/mol. The molecule has 0 saturated heterocycles. The fourth-order valence-corrected chi connectivity index (χ4v) is 2.87. The van der Waals surface area contributed by atoms with Crippen molar-refractivity contribution in [2.45, 2.75) is 6.54 Å². The van der Waals surface area contributed by atoms with E-state index < -0.39 is 0 Å². The van der Waals surface area contributed by atoms with Gasteiger partial charge in [0.1, 0.15) is 17.3 Å². The van der Waals surface area contributed by atoms with E-state index in [-0.39, 0.29) is 18.3 Å². The lowest BCUT2D eigenvalue weighted by Crippen LogP contribution is -2.28. The van der Waals surface area contributed by atoms with E-state index in [0.717, 1.165) is 16.7 Å². The van der Waals surface area contributed by atoms with Crippen molar-refractivity contribution in [1.29, 1.82) is 0 Å². The summed E-state index contributed by atoms with van der Waals surface area (Å²) in [6, 6.07) is 14.0. The number of benzene rings is 2. The van der Waals surface area contributed by atoms with Crippen LogP contribution in [0.15, 0.2) is 48.5 Å². The van der Waals surface area contributed by atoms with Crippen LogP contribution in [0.25, 0.3) is 10.9 Å². The molecule has 1 heterocycles. The van der Waals surface area contributed by atoms with Crippen LogP contribution in [0.3, 0.4) is 0 Å². The largest absolute Gasteiger partial charge is 0.496 e. The molecule has 0 fully saturated rings. The van der Waals surface area contributed by atoms with E-state index in [9.17, 15) is 9.18 Å². The molecule has 1 amide bonds. The van der Waals surface area contributed by atoms with Crippen LogP contribution in [-0.4, -0.2) is 29.5 Å². The molecule has 1 aromatic heterocycles. The molecule has 24 heavy (non-hydrogen) atoms. The zero-order chi connectivity index (χ0) is 17.3. The number of hydrogen-bond acceptors (Lipinski definition) is 2. The number of fused-ring (bicyclic) bond motifs is 1. The van der Waals surface area contributed by atoms with Crippen molar-refractivity contribution in [3.05, 3.63) is 65.6 Å². The van der Waals surface area contributed by atoms with Gasteiger partial charge in [-0.3, -0.25) is 4.79 Å². The van der Waals surface area contributed by atoms with Gasteiger partial charge < -0.3 is 14.2 Å². The average molecular weight is 326 g/mol. The molecule has 0 aliphatic rings. The van der Waals surface area contributed by atoms with Gasteiger partial charge in [0, 0.05) is 31.6 Å². The number of ether oxygens (including phenoxy) is 1. The van der Waals surface area contributed by atoms with Crippen molar-refractivity contribution in [1.82, 2.24) is 9.47 Å². The Bertz CT molecular complexity index is 902. The second-order valence-electron chi connectivity index (χ2n) is 5.73. The molecule has 5 heteroatoms. The molecule has 124 valence electrons. The Balaban J connectivity index is 1.94. The Morgan fingerprint density at radius 1 is 1.21 bits per heavy atom. The molecule has 2 aromatic carbocycles. The molecular formula is C19H19FN2O2. The lowest BCUT2D eigenvalue weighted by Gasteiger charge is -2.18. The van der Waals surface area contributed by atoms with Gasteiger partial charge in [0.2, 0.25) is 0 Å². The third-order valence-corrected chi connectivity index (χ3v) is 4.20. The SMILES string of the molecule is COc1cccc2c1cc(C(=O)N(C)Cc1ccccc1F)n2C. The molecule has 0 unspecified atom stereocenters. The first-order valence-corrected chi connectivity index (χ1v) is 7.64. The van der Waals surface area contributed by atoms with Gasteiger partial charge in [-0.2, -0.15) is 0 Å². The van der Waals surface area contributed by atoms with E-state index in [1.807, 2.05) is 35.9 Å². The summed E-state index contributed by atoms with van der Waals surface area (Å²) in [6.45, 7) is 0.212. The second-order valence-corrected chi connectivity index (χ2v) is 5.73. The molecule has 3 aromatic rings. The molecule has 0 bridgehead atoms. The maximum absolute atomic E-state index is 13.8. The van der Waals surface area contributed by atoms with Crippen LogP contribution in [-0.2, 0) is 13.6 Å². The van der Waals surface area contributed by atoms with Crippen molar-refractivity contribution in [2.24, 2.45) is 7.05 Å². The fraction of sp³-hybridized carbons (Fsp3) is 0.211. The van der Waals surface area contributed by atoms with Crippen molar-refractivity contribution >= 4 is 16.8 Å². The summed E-state index contributed by atoms with van der Waals surface area (Å²) in [5.74, 6) is 0.244. The molecule has 0 atom stereocenters. The Morgan fingerprint density at radius 3 is 2.67 bits per heavy atom. The van der Waals surface area contributed by atoms with Crippen LogP contribution in [0, 0.1) is 5.82 Å². The van der Waals surface area contributed by atoms with Crippen LogP contribution in [0.5, 0.6) is 5.75 Å². The first-order valence-electron chi connectivity index (χ1n) is 7.64. The normalized spacial score (nSPS) is 10.8. The number of nitrogens with zero attached hydrogens (tertiary/aromatic N) is 2. The van der Waals surface area contributed by atoms with Crippen molar-refractivity contribution in [2.75, 3.05) is 14.2 Å². The number of carbonyl (C=O) groups excluding carboxylic acids is 1. The van der Waals surface area contributed by atoms with E-state index in [0.29, 0.717) is 11.3 Å². The van der Waals surface area contributed by atoms with E-state index in [1.54, 1.807) is 32.4 Å². The maximum Gasteiger partial charge on any atom is 0.270 e. The molecule has 0 aliphatic heterocycles. The predicted octanol–water partition coefficient (Wildman–Crippen LogP) is 3.60. The fourth-order valence-electron chi connectivity index (χ4n) is 2.87. The Kier molecular flexibility index (Phi) is 4.25. The quantitative estimate of drug-likeness (QED) is 0.734. The molecular weight excluding hydrogens is 307 g/mol. The number of carbonyl (C=O) groups is 1. The number of hydrogen-bond donors (Lipinski definition) is 0. The highest BCUT2D eigenvalue weighted by Crippen LogP contribution is 2.28. The van der Waals surface area contributed by atoms with Crippen LogP contribution in [0.4, 0.5) is 4.39 Å². The molecule has 0 spiro atoms. The smallest absolute Gasteiger partial charge is 0.270 e. The summed E-state index contributed by atoms with van der Waals surface area (Å²) in [6.07, 6.45) is 0. The van der Waals surface area contributed by atoms with Crippen LogP contribution < -0.4 is 4.74 Å². The number of amides is 1. The van der Waals surface area contributed by atoms with Gasteiger partial charge in [0.25, 0.3) is 5.91 Å². The minimum absolute atomic E-state index is 0.168. The van der Waals surface area contributed by atoms with E-state index in [1.165, 1.54) is 11.0 Å². The first kappa shape index (κ1) is 16.1. The van der Waals surface area contributed by atoms with Gasteiger partial charge in [0.15, 0.2) is 0 Å². The highest BCUT2D eigenvalue weighted by molar-refractivity contribution is 6.00. The van der Waals surface area contributed by atoms with Gasteiger partial charge >= 0.3 is 0 Å². The van der Waals surface area contributed by atoms with Crippen molar-refractivity contribution in [3.63, 3.8) is 0 Å². The molecule has 0 radical (unpaired) electrons. The van der Waals surface area contributed by atoms with E-state index in [2.05, 4.69) is 0 Å². The standard InChI is InChI=1S/C19H19FN2O2/c1-21(12-13-7-4-5-8-15(13)20)19(23)17-11-14-16(22(17)2)9-6-10-18(14)24-3/h4-11H,12H2,1-3H3. The van der Waals surface area contributed by atoms with Gasteiger partial charge in [-0.25, -0.2) is 4.39 Å². The number of aryl methyl sites for hydroxylation is 1. The minimum Gasteiger partial charge on any atom is -0.496 e. The van der Waals surface area contributed by atoms with Gasteiger partial charge in [-0.05, 0) is 24.3 Å². The predicted molar refractivity (Wildman–Crippen MR) is 91.7 cm³/mol. The molecule has 3 rings (SSSR count). The second kappa shape index (κ2) is 6.35. The lowest BCUT2D eigenvalue weighted by molar-refractivity contribution is 0.0775. The molecule has 0 N–H and O–H groups in total. The Morgan fingerprint density at radius 2 is 1.96 bits per heavy atom. The number of aromatic nitrogens is 1. The number of rotatable bonds is 4. The summed E-state index contributed by atoms with van der Waals surface area (Å²) in [7, 11) is 5.11. The van der Waals surface area contributed by atoms with Gasteiger partial charge in [-0.1, -0.05) is 24.3 Å². The third kappa shape index (κ3) is 2.73. The summed E-state index contributed by atoms with van der Waals surface area (Å²) in [4.78, 5) is 14.3. The summed E-state index contributed by atoms with van der Waals surface area (Å²) >= 11 is 0. The number of halogens is 1. The van der Waals surface area contributed by atoms with E-state index >= 15 is 0 Å². The van der Waals surface area contributed by atoms with Crippen LogP contribution >= 0.6 is 0 Å². The first-order chi connectivity index (χ1) is 11.5. The number of methoxy groups -OCH3 is 1. The third-order valence-electron chi connectivity index (χ3n) is 4.20. The highest BCUT2D eigenvalue weighted by atomic mass is 19.1. The van der Waals surface area contributed by atoms with E-state index in [4.69, 9.17) is 4.74 Å². The summed E-state index contributed by atoms with van der Waals surface area (Å²) in [5.41, 5.74) is 1.94. The zero-order valence-corrected chi connectivity index (χ0v) is 13.9. The summed E-state index contributed by atoms with van der Waals surface area (Å²) < 4.78 is 21.0. The highest BCUT2D eigenvalue weighted by Gasteiger charge is 2.19. The van der Waals surface area contributed by atoms with Crippen LogP contribution in [0.2, 0.25) is 0 Å². The molecule has 0 saturated carbocycles. The lowest BCUT2D eigenvalue weighted by atomic mass is 10.2. The average Bonchev–Trinajstić information content (AvgIpc) is 2.93. The van der Waals surface area contributed by atoms with Gasteiger partial charge in [0.05, 0.1) is 12.6 Å². The molecule has 0 aliphatic carbocycles.